The van der Waals surface area contributed by atoms with E-state index in [1.807, 2.05) is 25.1 Å². The molecular weight excluding hydrogens is 384 g/mol. The van der Waals surface area contributed by atoms with Gasteiger partial charge in [-0.05, 0) is 32.0 Å². The molecule has 5 rings (SSSR count). The lowest BCUT2D eigenvalue weighted by Crippen LogP contribution is -2.41. The molecule has 1 aliphatic heterocycles. The van der Waals surface area contributed by atoms with E-state index in [1.165, 1.54) is 0 Å². The third-order valence-electron chi connectivity index (χ3n) is 5.05. The van der Waals surface area contributed by atoms with Crippen molar-refractivity contribution in [2.24, 2.45) is 5.73 Å². The van der Waals surface area contributed by atoms with E-state index in [1.54, 1.807) is 23.0 Å². The predicted molar refractivity (Wildman–Crippen MR) is 113 cm³/mol. The van der Waals surface area contributed by atoms with Gasteiger partial charge in [-0.15, -0.1) is 5.10 Å². The van der Waals surface area contributed by atoms with E-state index < -0.39 is 0 Å². The van der Waals surface area contributed by atoms with Crippen LogP contribution in [0.1, 0.15) is 13.8 Å². The molecule has 0 amide bonds. The van der Waals surface area contributed by atoms with Crippen LogP contribution >= 0.6 is 0 Å². The second-order valence-electron chi connectivity index (χ2n) is 7.66. The fourth-order valence-electron chi connectivity index (χ4n) is 3.66. The van der Waals surface area contributed by atoms with Crippen molar-refractivity contribution in [3.63, 3.8) is 0 Å². The first-order valence-electron chi connectivity index (χ1n) is 10.1. The molecule has 1 saturated heterocycles. The quantitative estimate of drug-likeness (QED) is 0.537. The van der Waals surface area contributed by atoms with Gasteiger partial charge in [0.1, 0.15) is 23.7 Å². The summed E-state index contributed by atoms with van der Waals surface area (Å²) < 4.78 is 19.2. The molecule has 0 bridgehead atoms. The van der Waals surface area contributed by atoms with Crippen LogP contribution in [-0.4, -0.2) is 58.0 Å². The Morgan fingerprint density at radius 2 is 2.20 bits per heavy atom. The number of ether oxygens (including phenoxy) is 2. The molecule has 156 valence electrons. The second-order valence-corrected chi connectivity index (χ2v) is 7.66. The summed E-state index contributed by atoms with van der Waals surface area (Å²) >= 11 is 0. The Morgan fingerprint density at radius 3 is 3.03 bits per heavy atom. The topological polar surface area (TPSA) is 104 Å². The van der Waals surface area contributed by atoms with Gasteiger partial charge in [-0.25, -0.2) is 14.5 Å². The van der Waals surface area contributed by atoms with E-state index in [-0.39, 0.29) is 12.1 Å². The summed E-state index contributed by atoms with van der Waals surface area (Å²) in [6.45, 7) is 6.63. The van der Waals surface area contributed by atoms with Gasteiger partial charge in [-0.1, -0.05) is 0 Å². The number of hydrogen-bond donors (Lipinski definition) is 1. The summed E-state index contributed by atoms with van der Waals surface area (Å²) in [6, 6.07) is 7.44. The highest BCUT2D eigenvalue weighted by molar-refractivity contribution is 5.92. The highest BCUT2D eigenvalue weighted by atomic mass is 16.5. The van der Waals surface area contributed by atoms with Crippen molar-refractivity contribution < 1.29 is 13.9 Å². The number of nitrogens with zero attached hydrogens (tertiary/aromatic N) is 5. The van der Waals surface area contributed by atoms with Crippen molar-refractivity contribution in [1.29, 1.82) is 0 Å². The fraction of sp³-hybridized carbons (Fsp3) is 0.381. The number of furan rings is 1. The smallest absolute Gasteiger partial charge is 0.231 e. The van der Waals surface area contributed by atoms with E-state index in [2.05, 4.69) is 26.9 Å². The van der Waals surface area contributed by atoms with Gasteiger partial charge in [0.15, 0.2) is 11.4 Å². The minimum Gasteiger partial charge on any atom is -0.475 e. The summed E-state index contributed by atoms with van der Waals surface area (Å²) in [6.07, 6.45) is 3.69. The highest BCUT2D eigenvalue weighted by Crippen LogP contribution is 2.33. The van der Waals surface area contributed by atoms with Crippen molar-refractivity contribution in [1.82, 2.24) is 19.6 Å². The van der Waals surface area contributed by atoms with Crippen LogP contribution in [0.15, 0.2) is 41.1 Å². The molecule has 0 radical (unpaired) electrons. The third-order valence-corrected chi connectivity index (χ3v) is 5.05. The van der Waals surface area contributed by atoms with Crippen LogP contribution in [0.25, 0.3) is 28.1 Å². The van der Waals surface area contributed by atoms with E-state index in [4.69, 9.17) is 19.6 Å². The molecule has 9 heteroatoms. The molecule has 0 spiro atoms. The second kappa shape index (κ2) is 7.58. The van der Waals surface area contributed by atoms with Gasteiger partial charge < -0.3 is 24.5 Å². The monoisotopic (exact) mass is 408 g/mol. The SMILES string of the molecule is C[C@@H]1CN(c2nccc3oc(-c4cnc5ccc(OC[C@@H](C)N)nn45)cc23)CCO1. The van der Waals surface area contributed by atoms with Gasteiger partial charge in [0.05, 0.1) is 24.3 Å². The average molecular weight is 408 g/mol. The number of hydrogen-bond acceptors (Lipinski definition) is 8. The molecule has 1 aliphatic rings. The molecule has 4 aromatic heterocycles. The average Bonchev–Trinajstić information content (AvgIpc) is 3.35. The molecule has 30 heavy (non-hydrogen) atoms. The number of rotatable bonds is 5. The molecule has 2 N–H and O–H groups in total. The molecule has 0 aromatic carbocycles. The third kappa shape index (κ3) is 3.46. The largest absolute Gasteiger partial charge is 0.475 e. The molecule has 0 unspecified atom stereocenters. The van der Waals surface area contributed by atoms with E-state index >= 15 is 0 Å². The molecule has 1 fully saturated rings. The summed E-state index contributed by atoms with van der Waals surface area (Å²) in [5.74, 6) is 2.06. The van der Waals surface area contributed by atoms with Crippen molar-refractivity contribution in [3.05, 3.63) is 36.7 Å². The number of pyridine rings is 1. The van der Waals surface area contributed by atoms with Gasteiger partial charge in [0.25, 0.3) is 0 Å². The molecule has 5 heterocycles. The number of fused-ring (bicyclic) bond motifs is 2. The van der Waals surface area contributed by atoms with Crippen LogP contribution in [-0.2, 0) is 4.74 Å². The van der Waals surface area contributed by atoms with E-state index in [9.17, 15) is 0 Å². The van der Waals surface area contributed by atoms with Crippen molar-refractivity contribution >= 4 is 22.4 Å². The van der Waals surface area contributed by atoms with E-state index in [0.29, 0.717) is 30.5 Å². The first-order chi connectivity index (χ1) is 14.6. The Balaban J connectivity index is 1.54. The Hall–Kier alpha value is -3.17. The normalized spacial score (nSPS) is 18.2. The maximum Gasteiger partial charge on any atom is 0.231 e. The highest BCUT2D eigenvalue weighted by Gasteiger charge is 2.22. The van der Waals surface area contributed by atoms with Crippen molar-refractivity contribution in [3.8, 4) is 17.3 Å². The standard InChI is InChI=1S/C21H24N6O3/c1-13(22)12-29-20-4-3-19-24-10-16(27(19)25-20)18-9-15-17(30-18)5-6-23-21(15)26-7-8-28-14(2)11-26/h3-6,9-10,13-14H,7-8,11-12,22H2,1-2H3/t13-,14-/m1/s1. The maximum atomic E-state index is 6.16. The summed E-state index contributed by atoms with van der Waals surface area (Å²) in [5, 5.41) is 5.51. The zero-order valence-electron chi connectivity index (χ0n) is 17.0. The van der Waals surface area contributed by atoms with Crippen LogP contribution < -0.4 is 15.4 Å². The minimum atomic E-state index is -0.0750. The van der Waals surface area contributed by atoms with E-state index in [0.717, 1.165) is 35.6 Å². The van der Waals surface area contributed by atoms with Crippen LogP contribution in [0.4, 0.5) is 5.82 Å². The Kier molecular flexibility index (Phi) is 4.76. The van der Waals surface area contributed by atoms with Crippen LogP contribution in [0, 0.1) is 0 Å². The lowest BCUT2D eigenvalue weighted by molar-refractivity contribution is 0.0530. The minimum absolute atomic E-state index is 0.0750. The number of nitrogens with two attached hydrogens (primary N) is 1. The van der Waals surface area contributed by atoms with Crippen LogP contribution in [0.2, 0.25) is 0 Å². The molecule has 0 aliphatic carbocycles. The van der Waals surface area contributed by atoms with Gasteiger partial charge in [0.2, 0.25) is 5.88 Å². The fourth-order valence-corrected chi connectivity index (χ4v) is 3.66. The van der Waals surface area contributed by atoms with Gasteiger partial charge in [-0.2, -0.15) is 0 Å². The van der Waals surface area contributed by atoms with Crippen LogP contribution in [0.5, 0.6) is 5.88 Å². The number of morpholine rings is 1. The van der Waals surface area contributed by atoms with Crippen molar-refractivity contribution in [2.75, 3.05) is 31.2 Å². The summed E-state index contributed by atoms with van der Waals surface area (Å²) in [4.78, 5) is 11.3. The van der Waals surface area contributed by atoms with Gasteiger partial charge in [-0.3, -0.25) is 0 Å². The molecule has 0 saturated carbocycles. The zero-order chi connectivity index (χ0) is 20.7. The molecule has 2 atom stereocenters. The number of anilines is 1. The first-order valence-corrected chi connectivity index (χ1v) is 10.1. The van der Waals surface area contributed by atoms with Gasteiger partial charge in [0, 0.05) is 31.4 Å². The van der Waals surface area contributed by atoms with Crippen LogP contribution in [0.3, 0.4) is 0 Å². The number of imidazole rings is 1. The number of aromatic nitrogens is 4. The molecular formula is C21H24N6O3. The Labute approximate surface area is 173 Å². The lowest BCUT2D eigenvalue weighted by Gasteiger charge is -2.32. The first kappa shape index (κ1) is 18.8. The Morgan fingerprint density at radius 1 is 1.30 bits per heavy atom. The summed E-state index contributed by atoms with van der Waals surface area (Å²) in [5.41, 5.74) is 8.00. The predicted octanol–water partition coefficient (Wildman–Crippen LogP) is 2.49. The molecule has 9 nitrogen and oxygen atoms in total. The zero-order valence-corrected chi connectivity index (χ0v) is 17.0. The lowest BCUT2D eigenvalue weighted by atomic mass is 10.2. The molecule has 4 aromatic rings. The van der Waals surface area contributed by atoms with Gasteiger partial charge >= 0.3 is 0 Å². The summed E-state index contributed by atoms with van der Waals surface area (Å²) in [7, 11) is 0. The Bertz CT molecular complexity index is 1180. The maximum absolute atomic E-state index is 6.16. The van der Waals surface area contributed by atoms with Crippen molar-refractivity contribution in [2.45, 2.75) is 26.0 Å².